The highest BCUT2D eigenvalue weighted by atomic mass is 35.5. The molecule has 43 heavy (non-hydrogen) atoms. The van der Waals surface area contributed by atoms with Crippen LogP contribution in [-0.2, 0) is 12.1 Å². The number of anilines is 2. The molecule has 1 N–H and O–H groups in total. The van der Waals surface area contributed by atoms with Crippen LogP contribution in [0.4, 0.5) is 24.5 Å². The second kappa shape index (κ2) is 11.3. The highest BCUT2D eigenvalue weighted by Gasteiger charge is 2.41. The third kappa shape index (κ3) is 5.43. The molecule has 9 nitrogen and oxygen atoms in total. The van der Waals surface area contributed by atoms with E-state index in [2.05, 4.69) is 20.0 Å². The Kier molecular flexibility index (Phi) is 7.57. The lowest BCUT2D eigenvalue weighted by Crippen LogP contribution is -2.46. The van der Waals surface area contributed by atoms with E-state index >= 15 is 8.78 Å². The Balaban J connectivity index is 1.31. The zero-order chi connectivity index (χ0) is 30.3. The van der Waals surface area contributed by atoms with Crippen molar-refractivity contribution >= 4 is 33.9 Å². The van der Waals surface area contributed by atoms with Gasteiger partial charge < -0.3 is 14.9 Å². The Hall–Kier alpha value is -4.42. The zero-order valence-corrected chi connectivity index (χ0v) is 23.8. The Morgan fingerprint density at radius 2 is 1.67 bits per heavy atom. The SMILES string of the molecule is CC(n1cnc2cc(N3CCN(c4ccc(Cl)cc4)CC3)c(F)cc2c1=O)C(O)(Cn1cncn1)c1ccc(F)cc1F. The molecule has 0 bridgehead atoms. The molecule has 0 spiro atoms. The summed E-state index contributed by atoms with van der Waals surface area (Å²) < 4.78 is 46.7. The Labute approximate surface area is 249 Å². The van der Waals surface area contributed by atoms with Gasteiger partial charge in [-0.25, -0.2) is 27.8 Å². The van der Waals surface area contributed by atoms with Crippen LogP contribution >= 0.6 is 11.6 Å². The molecule has 6 rings (SSSR count). The van der Waals surface area contributed by atoms with Crippen molar-refractivity contribution in [1.29, 1.82) is 0 Å². The van der Waals surface area contributed by atoms with E-state index in [1.54, 1.807) is 6.07 Å². The minimum absolute atomic E-state index is 0.00177. The molecule has 222 valence electrons. The molecule has 0 radical (unpaired) electrons. The van der Waals surface area contributed by atoms with E-state index in [4.69, 9.17) is 11.6 Å². The molecule has 3 aromatic carbocycles. The molecule has 0 amide bonds. The Morgan fingerprint density at radius 1 is 0.953 bits per heavy atom. The first kappa shape index (κ1) is 28.7. The van der Waals surface area contributed by atoms with Crippen LogP contribution in [0.1, 0.15) is 18.5 Å². The van der Waals surface area contributed by atoms with Crippen molar-refractivity contribution in [3.8, 4) is 0 Å². The van der Waals surface area contributed by atoms with Crippen molar-refractivity contribution in [3.05, 3.63) is 112 Å². The number of piperazine rings is 1. The van der Waals surface area contributed by atoms with Crippen molar-refractivity contribution in [2.45, 2.75) is 25.1 Å². The van der Waals surface area contributed by atoms with Gasteiger partial charge in [0.05, 0.1) is 35.5 Å². The third-order valence-electron chi connectivity index (χ3n) is 8.04. The van der Waals surface area contributed by atoms with Crippen molar-refractivity contribution in [1.82, 2.24) is 24.3 Å². The summed E-state index contributed by atoms with van der Waals surface area (Å²) in [6.07, 6.45) is 3.81. The molecule has 5 aromatic rings. The lowest BCUT2D eigenvalue weighted by Gasteiger charge is -2.37. The summed E-state index contributed by atoms with van der Waals surface area (Å²) in [6, 6.07) is 11.9. The van der Waals surface area contributed by atoms with Gasteiger partial charge in [0.15, 0.2) is 0 Å². The maximum atomic E-state index is 15.5. The molecule has 2 unspecified atom stereocenters. The lowest BCUT2D eigenvalue weighted by molar-refractivity contribution is -0.0343. The van der Waals surface area contributed by atoms with E-state index < -0.39 is 34.7 Å². The number of hydrogen-bond donors (Lipinski definition) is 1. The third-order valence-corrected chi connectivity index (χ3v) is 8.29. The molecule has 0 saturated carbocycles. The normalized spacial score (nSPS) is 16.0. The van der Waals surface area contributed by atoms with Gasteiger partial charge in [0.1, 0.15) is 35.7 Å². The van der Waals surface area contributed by atoms with Gasteiger partial charge >= 0.3 is 0 Å². The molecular weight excluding hydrogens is 583 g/mol. The van der Waals surface area contributed by atoms with E-state index in [1.165, 1.54) is 30.6 Å². The van der Waals surface area contributed by atoms with Gasteiger partial charge in [-0.2, -0.15) is 5.10 Å². The number of fused-ring (bicyclic) bond motifs is 1. The fraction of sp³-hybridized carbons (Fsp3) is 0.267. The van der Waals surface area contributed by atoms with Crippen LogP contribution in [0.5, 0.6) is 0 Å². The largest absolute Gasteiger partial charge is 0.381 e. The summed E-state index contributed by atoms with van der Waals surface area (Å²) in [5.41, 5.74) is -1.33. The average Bonchev–Trinajstić information content (AvgIpc) is 3.50. The van der Waals surface area contributed by atoms with Crippen LogP contribution in [-0.4, -0.2) is 55.6 Å². The minimum Gasteiger partial charge on any atom is -0.381 e. The average molecular weight is 610 g/mol. The maximum absolute atomic E-state index is 15.5. The predicted molar refractivity (Wildman–Crippen MR) is 157 cm³/mol. The van der Waals surface area contributed by atoms with Gasteiger partial charge in [-0.3, -0.25) is 9.36 Å². The number of benzene rings is 3. The molecular formula is C30H27ClF3N7O2. The zero-order valence-electron chi connectivity index (χ0n) is 23.0. The van der Waals surface area contributed by atoms with Crippen molar-refractivity contribution in [3.63, 3.8) is 0 Å². The van der Waals surface area contributed by atoms with Crippen molar-refractivity contribution in [2.24, 2.45) is 0 Å². The monoisotopic (exact) mass is 609 g/mol. The highest BCUT2D eigenvalue weighted by Crippen LogP contribution is 2.36. The smallest absolute Gasteiger partial charge is 0.261 e. The summed E-state index contributed by atoms with van der Waals surface area (Å²) in [5, 5.41) is 16.6. The van der Waals surface area contributed by atoms with Crippen LogP contribution < -0.4 is 15.4 Å². The molecule has 0 aliphatic carbocycles. The van der Waals surface area contributed by atoms with E-state index in [1.807, 2.05) is 29.2 Å². The van der Waals surface area contributed by atoms with Gasteiger partial charge in [-0.1, -0.05) is 17.7 Å². The molecule has 1 aliphatic rings. The Morgan fingerprint density at radius 3 is 2.35 bits per heavy atom. The van der Waals surface area contributed by atoms with Gasteiger partial charge in [0, 0.05) is 48.5 Å². The summed E-state index contributed by atoms with van der Waals surface area (Å²) in [7, 11) is 0. The second-order valence-electron chi connectivity index (χ2n) is 10.5. The van der Waals surface area contributed by atoms with E-state index in [0.29, 0.717) is 43.0 Å². The first-order valence-corrected chi connectivity index (χ1v) is 14.0. The highest BCUT2D eigenvalue weighted by molar-refractivity contribution is 6.30. The number of aromatic nitrogens is 5. The van der Waals surface area contributed by atoms with Crippen LogP contribution in [0.25, 0.3) is 10.9 Å². The van der Waals surface area contributed by atoms with Gasteiger partial charge in [0.25, 0.3) is 5.56 Å². The van der Waals surface area contributed by atoms with Crippen LogP contribution in [0, 0.1) is 17.5 Å². The van der Waals surface area contributed by atoms with E-state index in [-0.39, 0.29) is 23.0 Å². The van der Waals surface area contributed by atoms with Gasteiger partial charge in [-0.15, -0.1) is 0 Å². The Bertz CT molecular complexity index is 1830. The van der Waals surface area contributed by atoms with Crippen LogP contribution in [0.3, 0.4) is 0 Å². The van der Waals surface area contributed by atoms with Crippen LogP contribution in [0.15, 0.2) is 78.4 Å². The van der Waals surface area contributed by atoms with E-state index in [9.17, 15) is 14.3 Å². The number of nitrogens with zero attached hydrogens (tertiary/aromatic N) is 7. The summed E-state index contributed by atoms with van der Waals surface area (Å²) in [6.45, 7) is 3.62. The molecule has 13 heteroatoms. The predicted octanol–water partition coefficient (Wildman–Crippen LogP) is 4.53. The standard InChI is InChI=1S/C30H27ClF3N7O2/c1-19(30(43,15-40-17-35-16-37-40)24-7-4-21(32)12-25(24)33)41-18-36-27-14-28(26(34)13-23(27)29(41)42)39-10-8-38(9-11-39)22-5-2-20(31)3-6-22/h2-7,12-14,16-19,43H,8-11,15H2,1H3. The summed E-state index contributed by atoms with van der Waals surface area (Å²) in [4.78, 5) is 26.1. The topological polar surface area (TPSA) is 92.3 Å². The number of aliphatic hydroxyl groups is 1. The molecule has 1 aliphatic heterocycles. The van der Waals surface area contributed by atoms with Crippen molar-refractivity contribution < 1.29 is 18.3 Å². The molecule has 2 aromatic heterocycles. The maximum Gasteiger partial charge on any atom is 0.261 e. The number of rotatable bonds is 7. The molecule has 3 heterocycles. The first-order valence-electron chi connectivity index (χ1n) is 13.6. The van der Waals surface area contributed by atoms with Gasteiger partial charge in [-0.05, 0) is 49.4 Å². The van der Waals surface area contributed by atoms with Crippen LogP contribution in [0.2, 0.25) is 5.02 Å². The first-order chi connectivity index (χ1) is 20.6. The quantitative estimate of drug-likeness (QED) is 0.290. The fourth-order valence-corrected chi connectivity index (χ4v) is 5.72. The second-order valence-corrected chi connectivity index (χ2v) is 11.0. The molecule has 1 fully saturated rings. The summed E-state index contributed by atoms with van der Waals surface area (Å²) in [5.74, 6) is -2.40. The number of halogens is 4. The summed E-state index contributed by atoms with van der Waals surface area (Å²) >= 11 is 6.00. The van der Waals surface area contributed by atoms with Crippen molar-refractivity contribution in [2.75, 3.05) is 36.0 Å². The van der Waals surface area contributed by atoms with E-state index in [0.717, 1.165) is 28.5 Å². The lowest BCUT2D eigenvalue weighted by atomic mass is 9.86. The number of hydrogen-bond acceptors (Lipinski definition) is 7. The molecule has 1 saturated heterocycles. The minimum atomic E-state index is -2.09. The fourth-order valence-electron chi connectivity index (χ4n) is 5.59. The molecule has 2 atom stereocenters. The van der Waals surface area contributed by atoms with Gasteiger partial charge in [0.2, 0.25) is 0 Å².